The third-order valence-electron chi connectivity index (χ3n) is 4.26. The van der Waals surface area contributed by atoms with Crippen LogP contribution in [0.3, 0.4) is 0 Å². The minimum atomic E-state index is -0.246. The number of nitrogens with one attached hydrogen (secondary N) is 2. The van der Waals surface area contributed by atoms with E-state index >= 15 is 0 Å². The molecule has 3 rings (SSSR count). The van der Waals surface area contributed by atoms with Crippen molar-refractivity contribution in [3.63, 3.8) is 0 Å². The molecule has 0 spiro atoms. The summed E-state index contributed by atoms with van der Waals surface area (Å²) < 4.78 is 0. The Balaban J connectivity index is 1.49. The van der Waals surface area contributed by atoms with Crippen LogP contribution in [-0.4, -0.2) is 26.3 Å². The highest BCUT2D eigenvalue weighted by molar-refractivity contribution is 8.00. The Bertz CT molecular complexity index is 682. The van der Waals surface area contributed by atoms with E-state index in [1.165, 1.54) is 37.4 Å². The predicted molar refractivity (Wildman–Crippen MR) is 96.2 cm³/mol. The Morgan fingerprint density at radius 2 is 2.08 bits per heavy atom. The zero-order valence-electron chi connectivity index (χ0n) is 13.6. The van der Waals surface area contributed by atoms with E-state index in [9.17, 15) is 4.79 Å². The Hall–Kier alpha value is -1.53. The van der Waals surface area contributed by atoms with Gasteiger partial charge in [0.05, 0.1) is 5.25 Å². The summed E-state index contributed by atoms with van der Waals surface area (Å²) in [7, 11) is 0. The van der Waals surface area contributed by atoms with Crippen molar-refractivity contribution >= 4 is 29.3 Å². The summed E-state index contributed by atoms with van der Waals surface area (Å²) in [5, 5.41) is 11.3. The van der Waals surface area contributed by atoms with Crippen molar-refractivity contribution in [1.82, 2.24) is 20.5 Å². The van der Waals surface area contributed by atoms with E-state index in [-0.39, 0.29) is 11.2 Å². The number of aromatic amines is 1. The number of hydrogen-bond donors (Lipinski definition) is 2. The number of carbonyl (C=O) groups is 1. The van der Waals surface area contributed by atoms with Crippen molar-refractivity contribution in [3.8, 4) is 0 Å². The first-order chi connectivity index (χ1) is 11.6. The average molecular weight is 365 g/mol. The van der Waals surface area contributed by atoms with Gasteiger partial charge in [-0.3, -0.25) is 9.89 Å². The predicted octanol–water partition coefficient (Wildman–Crippen LogP) is 3.91. The molecule has 1 aromatic heterocycles. The van der Waals surface area contributed by atoms with Crippen LogP contribution >= 0.6 is 23.4 Å². The van der Waals surface area contributed by atoms with Crippen molar-refractivity contribution in [2.45, 2.75) is 55.5 Å². The van der Waals surface area contributed by atoms with Gasteiger partial charge in [-0.1, -0.05) is 48.3 Å². The first-order valence-electron chi connectivity index (χ1n) is 8.23. The fourth-order valence-corrected chi connectivity index (χ4v) is 3.72. The third kappa shape index (κ3) is 4.51. The summed E-state index contributed by atoms with van der Waals surface area (Å²) in [5.74, 6) is 1.44. The molecule has 0 unspecified atom stereocenters. The van der Waals surface area contributed by atoms with Crippen LogP contribution in [-0.2, 0) is 11.3 Å². The maximum atomic E-state index is 12.2. The van der Waals surface area contributed by atoms with Crippen LogP contribution < -0.4 is 5.32 Å². The Morgan fingerprint density at radius 3 is 2.79 bits per heavy atom. The second-order valence-electron chi connectivity index (χ2n) is 6.09. The van der Waals surface area contributed by atoms with Gasteiger partial charge in [0.2, 0.25) is 11.1 Å². The van der Waals surface area contributed by atoms with Crippen molar-refractivity contribution in [2.75, 3.05) is 0 Å². The van der Waals surface area contributed by atoms with Gasteiger partial charge in [-0.05, 0) is 37.5 Å². The van der Waals surface area contributed by atoms with E-state index in [1.807, 2.05) is 31.2 Å². The highest BCUT2D eigenvalue weighted by Gasteiger charge is 2.22. The lowest BCUT2D eigenvalue weighted by atomic mass is 10.1. The Morgan fingerprint density at radius 1 is 1.38 bits per heavy atom. The quantitative estimate of drug-likeness (QED) is 0.762. The van der Waals surface area contributed by atoms with Gasteiger partial charge < -0.3 is 5.32 Å². The lowest BCUT2D eigenvalue weighted by Gasteiger charge is -2.10. The summed E-state index contributed by atoms with van der Waals surface area (Å²) in [6.45, 7) is 2.36. The summed E-state index contributed by atoms with van der Waals surface area (Å²) in [5.41, 5.74) is 1.02. The highest BCUT2D eigenvalue weighted by atomic mass is 35.5. The number of amides is 1. The van der Waals surface area contributed by atoms with Gasteiger partial charge in [-0.25, -0.2) is 4.98 Å². The fraction of sp³-hybridized carbons (Fsp3) is 0.471. The van der Waals surface area contributed by atoms with Crippen LogP contribution in [0.2, 0.25) is 5.02 Å². The van der Waals surface area contributed by atoms with Gasteiger partial charge in [0.1, 0.15) is 5.82 Å². The van der Waals surface area contributed by atoms with Gasteiger partial charge in [0.25, 0.3) is 0 Å². The molecule has 128 valence electrons. The summed E-state index contributed by atoms with van der Waals surface area (Å²) in [4.78, 5) is 16.8. The molecule has 7 heteroatoms. The van der Waals surface area contributed by atoms with Crippen LogP contribution in [0.15, 0.2) is 29.4 Å². The number of benzene rings is 1. The van der Waals surface area contributed by atoms with E-state index in [2.05, 4.69) is 20.5 Å². The normalized spacial score (nSPS) is 16.2. The van der Waals surface area contributed by atoms with Crippen LogP contribution in [0.1, 0.15) is 49.9 Å². The SMILES string of the molecule is C[C@H](Sc1n[nH]c(C2CCCC2)n1)C(=O)NCc1ccc(Cl)cc1. The van der Waals surface area contributed by atoms with E-state index in [1.54, 1.807) is 0 Å². The average Bonchev–Trinajstić information content (AvgIpc) is 3.25. The summed E-state index contributed by atoms with van der Waals surface area (Å²) in [6, 6.07) is 7.45. The molecule has 2 aromatic rings. The number of halogens is 1. The number of hydrogen-bond acceptors (Lipinski definition) is 4. The van der Waals surface area contributed by atoms with Crippen LogP contribution in [0, 0.1) is 0 Å². The molecule has 1 aliphatic carbocycles. The summed E-state index contributed by atoms with van der Waals surface area (Å²) >= 11 is 7.24. The van der Waals surface area contributed by atoms with E-state index in [4.69, 9.17) is 11.6 Å². The first-order valence-corrected chi connectivity index (χ1v) is 9.48. The molecule has 24 heavy (non-hydrogen) atoms. The second kappa shape index (κ2) is 8.03. The first kappa shape index (κ1) is 17.3. The van der Waals surface area contributed by atoms with Crippen molar-refractivity contribution in [2.24, 2.45) is 0 Å². The molecule has 2 N–H and O–H groups in total. The number of rotatable bonds is 6. The van der Waals surface area contributed by atoms with Crippen molar-refractivity contribution < 1.29 is 4.79 Å². The van der Waals surface area contributed by atoms with Crippen LogP contribution in [0.5, 0.6) is 0 Å². The second-order valence-corrected chi connectivity index (χ2v) is 7.83. The van der Waals surface area contributed by atoms with Gasteiger partial charge in [-0.15, -0.1) is 5.10 Å². The maximum absolute atomic E-state index is 12.2. The Labute approximate surface area is 151 Å². The molecule has 0 aliphatic heterocycles. The molecule has 0 radical (unpaired) electrons. The zero-order chi connectivity index (χ0) is 16.9. The Kier molecular flexibility index (Phi) is 5.79. The van der Waals surface area contributed by atoms with E-state index in [0.717, 1.165) is 11.4 Å². The molecule has 5 nitrogen and oxygen atoms in total. The van der Waals surface area contributed by atoms with Crippen LogP contribution in [0.25, 0.3) is 0 Å². The molecule has 1 amide bonds. The molecule has 1 fully saturated rings. The molecular weight excluding hydrogens is 344 g/mol. The molecule has 1 atom stereocenters. The fourth-order valence-electron chi connectivity index (χ4n) is 2.84. The van der Waals surface area contributed by atoms with Crippen molar-refractivity contribution in [3.05, 3.63) is 40.7 Å². The standard InChI is InChI=1S/C17H21ClN4OS/c1-11(16(23)19-10-12-6-8-14(18)9-7-12)24-17-20-15(21-22-17)13-4-2-3-5-13/h6-9,11,13H,2-5,10H2,1H3,(H,19,23)(H,20,21,22)/t11-/m0/s1. The molecule has 1 saturated carbocycles. The number of nitrogens with zero attached hydrogens (tertiary/aromatic N) is 2. The lowest BCUT2D eigenvalue weighted by molar-refractivity contribution is -0.120. The van der Waals surface area contributed by atoms with Crippen LogP contribution in [0.4, 0.5) is 0 Å². The van der Waals surface area contributed by atoms with Gasteiger partial charge in [0, 0.05) is 17.5 Å². The molecule has 0 saturated heterocycles. The minimum absolute atomic E-state index is 0.0258. The number of carbonyl (C=O) groups excluding carboxylic acids is 1. The topological polar surface area (TPSA) is 70.7 Å². The minimum Gasteiger partial charge on any atom is -0.351 e. The number of thioether (sulfide) groups is 1. The third-order valence-corrected chi connectivity index (χ3v) is 5.47. The lowest BCUT2D eigenvalue weighted by Crippen LogP contribution is -2.30. The highest BCUT2D eigenvalue weighted by Crippen LogP contribution is 2.33. The molecule has 0 bridgehead atoms. The molecule has 1 heterocycles. The molecular formula is C17H21ClN4OS. The number of aromatic nitrogens is 3. The largest absolute Gasteiger partial charge is 0.351 e. The van der Waals surface area contributed by atoms with Gasteiger partial charge >= 0.3 is 0 Å². The van der Waals surface area contributed by atoms with Gasteiger partial charge in [-0.2, -0.15) is 0 Å². The van der Waals surface area contributed by atoms with E-state index in [0.29, 0.717) is 22.6 Å². The van der Waals surface area contributed by atoms with Gasteiger partial charge in [0.15, 0.2) is 0 Å². The number of H-pyrrole nitrogens is 1. The van der Waals surface area contributed by atoms with Crippen molar-refractivity contribution in [1.29, 1.82) is 0 Å². The molecule has 1 aromatic carbocycles. The van der Waals surface area contributed by atoms with E-state index < -0.39 is 0 Å². The summed E-state index contributed by atoms with van der Waals surface area (Å²) in [6.07, 6.45) is 4.88. The zero-order valence-corrected chi connectivity index (χ0v) is 15.2. The smallest absolute Gasteiger partial charge is 0.233 e. The maximum Gasteiger partial charge on any atom is 0.233 e. The molecule has 1 aliphatic rings. The monoisotopic (exact) mass is 364 g/mol.